The molecular formula is C18H22ClN5O. The number of hydrogen-bond donors (Lipinski definition) is 2. The van der Waals surface area contributed by atoms with Gasteiger partial charge in [0, 0.05) is 49.2 Å². The molecule has 0 radical (unpaired) electrons. The van der Waals surface area contributed by atoms with Crippen molar-refractivity contribution < 1.29 is 4.79 Å². The Bertz CT molecular complexity index is 807. The molecule has 6 nitrogen and oxygen atoms in total. The Morgan fingerprint density at radius 1 is 1.40 bits per heavy atom. The summed E-state index contributed by atoms with van der Waals surface area (Å²) >= 11 is 5.61. The number of carbonyl (C=O) groups excluding carboxylic acids is 1. The number of nitrogens with one attached hydrogen (secondary N) is 1. The maximum Gasteiger partial charge on any atom is 0.225 e. The first-order valence-corrected chi connectivity index (χ1v) is 8.68. The van der Waals surface area contributed by atoms with Crippen LogP contribution in [0.15, 0.2) is 29.9 Å². The molecule has 0 spiro atoms. The number of nitrogens with zero attached hydrogens (tertiary/aromatic N) is 3. The van der Waals surface area contributed by atoms with Crippen LogP contribution in [0.25, 0.3) is 17.0 Å². The van der Waals surface area contributed by atoms with Gasteiger partial charge in [-0.1, -0.05) is 17.7 Å². The topological polar surface area (TPSA) is 84.1 Å². The van der Waals surface area contributed by atoms with Crippen molar-refractivity contribution in [3.05, 3.63) is 35.5 Å². The molecule has 0 bridgehead atoms. The molecule has 1 aliphatic carbocycles. The van der Waals surface area contributed by atoms with Crippen LogP contribution in [-0.2, 0) is 4.79 Å². The summed E-state index contributed by atoms with van der Waals surface area (Å²) < 4.78 is 0. The highest BCUT2D eigenvalue weighted by atomic mass is 35.5. The van der Waals surface area contributed by atoms with Crippen molar-refractivity contribution in [2.75, 3.05) is 19.4 Å². The van der Waals surface area contributed by atoms with Gasteiger partial charge in [-0.15, -0.1) is 0 Å². The zero-order chi connectivity index (χ0) is 18.0. The van der Waals surface area contributed by atoms with Crippen LogP contribution >= 0.6 is 11.6 Å². The zero-order valence-electron chi connectivity index (χ0n) is 14.3. The molecular weight excluding hydrogens is 338 g/mol. The monoisotopic (exact) mass is 359 g/mol. The molecule has 0 aliphatic heterocycles. The summed E-state index contributed by atoms with van der Waals surface area (Å²) in [6.45, 7) is 0. The molecule has 1 aromatic carbocycles. The lowest BCUT2D eigenvalue weighted by molar-refractivity contribution is -0.132. The Labute approximate surface area is 152 Å². The molecule has 1 unspecified atom stereocenters. The third-order valence-electron chi connectivity index (χ3n) is 4.58. The largest absolute Gasteiger partial charge is 0.350 e. The van der Waals surface area contributed by atoms with Gasteiger partial charge in [-0.05, 0) is 36.6 Å². The molecule has 1 amide bonds. The van der Waals surface area contributed by atoms with Crippen LogP contribution in [0, 0.1) is 5.92 Å². The lowest BCUT2D eigenvalue weighted by Crippen LogP contribution is -2.35. The Balaban J connectivity index is 1.74. The van der Waals surface area contributed by atoms with Gasteiger partial charge in [-0.3, -0.25) is 4.79 Å². The van der Waals surface area contributed by atoms with Crippen LogP contribution in [0.1, 0.15) is 18.4 Å². The Kier molecular flexibility index (Phi) is 5.20. The van der Waals surface area contributed by atoms with Gasteiger partial charge in [0.05, 0.1) is 5.52 Å². The van der Waals surface area contributed by atoms with E-state index in [4.69, 9.17) is 17.3 Å². The molecule has 1 fully saturated rings. The Morgan fingerprint density at radius 3 is 2.92 bits per heavy atom. The molecule has 1 aromatic heterocycles. The molecule has 3 N–H and O–H groups in total. The first-order valence-electron chi connectivity index (χ1n) is 8.25. The number of rotatable bonds is 4. The van der Waals surface area contributed by atoms with Crippen LogP contribution in [0.2, 0.25) is 0 Å². The van der Waals surface area contributed by atoms with Gasteiger partial charge < -0.3 is 16.0 Å². The highest BCUT2D eigenvalue weighted by molar-refractivity contribution is 6.27. The van der Waals surface area contributed by atoms with Gasteiger partial charge in [0.15, 0.2) is 0 Å². The van der Waals surface area contributed by atoms with Gasteiger partial charge in [0.1, 0.15) is 0 Å². The second-order valence-corrected chi connectivity index (χ2v) is 6.87. The van der Waals surface area contributed by atoms with Crippen molar-refractivity contribution in [1.29, 1.82) is 0 Å². The summed E-state index contributed by atoms with van der Waals surface area (Å²) in [4.78, 5) is 22.7. The van der Waals surface area contributed by atoms with Crippen LogP contribution in [0.5, 0.6) is 0 Å². The molecule has 3 rings (SSSR count). The van der Waals surface area contributed by atoms with E-state index in [1.54, 1.807) is 25.2 Å². The third-order valence-corrected chi connectivity index (χ3v) is 4.70. The van der Waals surface area contributed by atoms with E-state index >= 15 is 0 Å². The highest BCUT2D eigenvalue weighted by Crippen LogP contribution is 2.28. The average Bonchev–Trinajstić information content (AvgIpc) is 2.95. The smallest absolute Gasteiger partial charge is 0.225 e. The number of halogens is 1. The summed E-state index contributed by atoms with van der Waals surface area (Å²) in [6, 6.07) is 5.76. The van der Waals surface area contributed by atoms with Crippen LogP contribution < -0.4 is 11.1 Å². The van der Waals surface area contributed by atoms with Crippen molar-refractivity contribution in [3.63, 3.8) is 0 Å². The van der Waals surface area contributed by atoms with Gasteiger partial charge in [-0.2, -0.15) is 0 Å². The minimum atomic E-state index is -0.0931. The second-order valence-electron chi connectivity index (χ2n) is 6.62. The van der Waals surface area contributed by atoms with Crippen molar-refractivity contribution >= 4 is 40.4 Å². The quantitative estimate of drug-likeness (QED) is 0.875. The van der Waals surface area contributed by atoms with Gasteiger partial charge in [0.25, 0.3) is 0 Å². The number of carbonyl (C=O) groups is 1. The van der Waals surface area contributed by atoms with E-state index in [1.165, 1.54) is 5.54 Å². The van der Waals surface area contributed by atoms with E-state index in [2.05, 4.69) is 15.3 Å². The van der Waals surface area contributed by atoms with Crippen molar-refractivity contribution in [1.82, 2.24) is 14.9 Å². The third kappa shape index (κ3) is 3.91. The number of hydrogen-bond acceptors (Lipinski definition) is 5. The van der Waals surface area contributed by atoms with E-state index in [9.17, 15) is 4.79 Å². The predicted molar refractivity (Wildman–Crippen MR) is 101 cm³/mol. The van der Waals surface area contributed by atoms with E-state index in [-0.39, 0.29) is 23.9 Å². The molecule has 1 heterocycles. The summed E-state index contributed by atoms with van der Waals surface area (Å²) in [5, 5.41) is 4.23. The second kappa shape index (κ2) is 7.37. The first kappa shape index (κ1) is 17.6. The number of fused-ring (bicyclic) bond motifs is 1. The number of nitrogens with two attached hydrogens (primary N) is 1. The van der Waals surface area contributed by atoms with E-state index in [0.717, 1.165) is 16.5 Å². The summed E-state index contributed by atoms with van der Waals surface area (Å²) in [5.74, 6) is 0.610. The minimum Gasteiger partial charge on any atom is -0.350 e. The molecule has 132 valence electrons. The van der Waals surface area contributed by atoms with E-state index < -0.39 is 0 Å². The molecule has 1 saturated carbocycles. The number of aromatic nitrogens is 2. The number of amides is 1. The maximum atomic E-state index is 12.1. The SMILES string of the molecule is CN(C)C(=O)[C@H]1CC(Nc2ncc3cc(/C=C\Cl)ccc3n2)[C@@H](N)C1. The molecule has 3 atom stereocenters. The molecule has 1 aliphatic rings. The van der Waals surface area contributed by atoms with Crippen LogP contribution in [-0.4, -0.2) is 47.0 Å². The van der Waals surface area contributed by atoms with E-state index in [1.807, 2.05) is 24.3 Å². The molecule has 2 aromatic rings. The standard InChI is InChI=1S/C18H22ClN5O/c1-24(2)17(25)12-8-14(20)16(9-12)23-18-21-10-13-7-11(5-6-19)3-4-15(13)22-18/h3-7,10,12,14,16H,8-9,20H2,1-2H3,(H,21,22,23)/b6-5-/t12-,14+,16?/m1/s1. The fourth-order valence-corrected chi connectivity index (χ4v) is 3.41. The molecule has 0 saturated heterocycles. The fourth-order valence-electron chi connectivity index (χ4n) is 3.27. The summed E-state index contributed by atoms with van der Waals surface area (Å²) in [6.07, 6.45) is 4.96. The number of benzene rings is 1. The predicted octanol–water partition coefficient (Wildman–Crippen LogP) is 2.45. The fraction of sp³-hybridized carbons (Fsp3) is 0.389. The van der Waals surface area contributed by atoms with Crippen LogP contribution in [0.3, 0.4) is 0 Å². The van der Waals surface area contributed by atoms with E-state index in [0.29, 0.717) is 18.8 Å². The Morgan fingerprint density at radius 2 is 2.20 bits per heavy atom. The van der Waals surface area contributed by atoms with Crippen molar-refractivity contribution in [2.24, 2.45) is 11.7 Å². The normalized spacial score (nSPS) is 23.3. The first-order chi connectivity index (χ1) is 12.0. The van der Waals surface area contributed by atoms with Crippen LogP contribution in [0.4, 0.5) is 5.95 Å². The summed E-state index contributed by atoms with van der Waals surface area (Å²) in [7, 11) is 3.55. The lowest BCUT2D eigenvalue weighted by Gasteiger charge is -2.17. The molecule has 25 heavy (non-hydrogen) atoms. The summed E-state index contributed by atoms with van der Waals surface area (Å²) in [5.41, 5.74) is 9.53. The van der Waals surface area contributed by atoms with Gasteiger partial charge in [0.2, 0.25) is 11.9 Å². The van der Waals surface area contributed by atoms with Crippen molar-refractivity contribution in [2.45, 2.75) is 24.9 Å². The lowest BCUT2D eigenvalue weighted by atomic mass is 10.1. The van der Waals surface area contributed by atoms with Gasteiger partial charge >= 0.3 is 0 Å². The maximum absolute atomic E-state index is 12.1. The average molecular weight is 360 g/mol. The molecule has 7 heteroatoms. The van der Waals surface area contributed by atoms with Gasteiger partial charge in [-0.25, -0.2) is 9.97 Å². The zero-order valence-corrected chi connectivity index (χ0v) is 15.1. The Hall–Kier alpha value is -2.18. The number of anilines is 1. The van der Waals surface area contributed by atoms with Crippen molar-refractivity contribution in [3.8, 4) is 0 Å². The highest BCUT2D eigenvalue weighted by Gasteiger charge is 2.36. The minimum absolute atomic E-state index is 0.00944.